The van der Waals surface area contributed by atoms with Crippen LogP contribution in [0.2, 0.25) is 0 Å². The van der Waals surface area contributed by atoms with Crippen molar-refractivity contribution in [3.8, 4) is 0 Å². The van der Waals surface area contributed by atoms with Crippen LogP contribution in [-0.4, -0.2) is 51.5 Å². The normalized spacial score (nSPS) is 17.8. The molecule has 0 bridgehead atoms. The van der Waals surface area contributed by atoms with Gasteiger partial charge in [-0.05, 0) is 61.3 Å². The Bertz CT molecular complexity index is 466. The Morgan fingerprint density at radius 2 is 1.48 bits per heavy atom. The van der Waals surface area contributed by atoms with Gasteiger partial charge in [0.05, 0.1) is 17.3 Å². The Balaban J connectivity index is 4.97. The van der Waals surface area contributed by atoms with Gasteiger partial charge in [0.2, 0.25) is 0 Å². The summed E-state index contributed by atoms with van der Waals surface area (Å²) in [4.78, 5) is 12.1. The van der Waals surface area contributed by atoms with E-state index in [1.807, 2.05) is 27.7 Å². The monoisotopic (exact) mass is 390 g/mol. The van der Waals surface area contributed by atoms with Crippen molar-refractivity contribution in [2.75, 3.05) is 6.61 Å². The van der Waals surface area contributed by atoms with Crippen molar-refractivity contribution in [1.82, 2.24) is 0 Å². The van der Waals surface area contributed by atoms with Gasteiger partial charge in [-0.25, -0.2) is 4.79 Å². The molecule has 0 fully saturated rings. The highest BCUT2D eigenvalue weighted by Gasteiger charge is 2.47. The second-order valence-corrected chi connectivity index (χ2v) is 9.36. The van der Waals surface area contributed by atoms with Crippen LogP contribution in [0.4, 0.5) is 4.79 Å². The van der Waals surface area contributed by atoms with Crippen LogP contribution >= 0.6 is 0 Å². The summed E-state index contributed by atoms with van der Waals surface area (Å²) in [5.74, 6) is -0.247. The van der Waals surface area contributed by atoms with Gasteiger partial charge in [0, 0.05) is 12.3 Å². The van der Waals surface area contributed by atoms with E-state index in [0.717, 1.165) is 6.42 Å². The third-order valence-corrected chi connectivity index (χ3v) is 5.70. The predicted octanol–water partition coefficient (Wildman–Crippen LogP) is 4.45. The molecule has 6 nitrogen and oxygen atoms in total. The molecule has 0 aromatic heterocycles. The average molecular weight is 391 g/mol. The van der Waals surface area contributed by atoms with Gasteiger partial charge >= 0.3 is 6.16 Å². The fourth-order valence-corrected chi connectivity index (χ4v) is 2.69. The van der Waals surface area contributed by atoms with Gasteiger partial charge in [0.1, 0.15) is 17.8 Å². The number of ether oxygens (including phenoxy) is 3. The summed E-state index contributed by atoms with van der Waals surface area (Å²) < 4.78 is 16.7. The van der Waals surface area contributed by atoms with Crippen molar-refractivity contribution in [2.24, 2.45) is 5.92 Å². The molecular formula is C21H42O6. The van der Waals surface area contributed by atoms with Crippen molar-refractivity contribution in [2.45, 2.75) is 117 Å². The quantitative estimate of drug-likeness (QED) is 0.507. The summed E-state index contributed by atoms with van der Waals surface area (Å²) in [7, 11) is 0. The molecule has 27 heavy (non-hydrogen) atoms. The molecule has 0 spiro atoms. The molecule has 0 amide bonds. The second kappa shape index (κ2) is 9.57. The molecule has 3 unspecified atom stereocenters. The number of hydrogen-bond donors (Lipinski definition) is 2. The van der Waals surface area contributed by atoms with Crippen LogP contribution in [0.25, 0.3) is 0 Å². The van der Waals surface area contributed by atoms with E-state index < -0.39 is 23.0 Å². The minimum atomic E-state index is -1.27. The zero-order valence-corrected chi connectivity index (χ0v) is 19.0. The van der Waals surface area contributed by atoms with Crippen LogP contribution in [-0.2, 0) is 14.2 Å². The van der Waals surface area contributed by atoms with E-state index in [1.165, 1.54) is 0 Å². The number of aliphatic hydroxyl groups is 2. The SMILES string of the molecule is CCC(C)(C)OC(C)CC(O)(CC)C(C)(C)OC(=O)OCC(C)C(C)(C)O. The van der Waals surface area contributed by atoms with Gasteiger partial charge in [-0.2, -0.15) is 0 Å². The van der Waals surface area contributed by atoms with Gasteiger partial charge in [0.15, 0.2) is 0 Å². The molecule has 0 aliphatic heterocycles. The molecule has 0 heterocycles. The maximum Gasteiger partial charge on any atom is 0.508 e. The molecule has 0 aromatic carbocycles. The molecule has 3 atom stereocenters. The average Bonchev–Trinajstić information content (AvgIpc) is 2.50. The predicted molar refractivity (Wildman–Crippen MR) is 107 cm³/mol. The summed E-state index contributed by atoms with van der Waals surface area (Å²) in [5.41, 5.74) is -3.67. The lowest BCUT2D eigenvalue weighted by Crippen LogP contribution is -2.54. The highest BCUT2D eigenvalue weighted by atomic mass is 16.7. The third-order valence-electron chi connectivity index (χ3n) is 5.70. The van der Waals surface area contributed by atoms with E-state index >= 15 is 0 Å². The van der Waals surface area contributed by atoms with Crippen LogP contribution in [0.5, 0.6) is 0 Å². The Morgan fingerprint density at radius 1 is 0.963 bits per heavy atom. The van der Waals surface area contributed by atoms with Crippen molar-refractivity contribution in [3.05, 3.63) is 0 Å². The van der Waals surface area contributed by atoms with Gasteiger partial charge in [0.25, 0.3) is 0 Å². The number of carbonyl (C=O) groups excluding carboxylic acids is 1. The molecule has 0 radical (unpaired) electrons. The first-order valence-corrected chi connectivity index (χ1v) is 9.98. The molecule has 0 rings (SSSR count). The minimum absolute atomic E-state index is 0.0349. The smallest absolute Gasteiger partial charge is 0.434 e. The lowest BCUT2D eigenvalue weighted by molar-refractivity contribution is -0.178. The molecule has 2 N–H and O–H groups in total. The molecule has 0 aromatic rings. The van der Waals surface area contributed by atoms with Crippen LogP contribution in [0, 0.1) is 5.92 Å². The van der Waals surface area contributed by atoms with Crippen molar-refractivity contribution < 1.29 is 29.2 Å². The summed E-state index contributed by atoms with van der Waals surface area (Å²) >= 11 is 0. The molecular weight excluding hydrogens is 348 g/mol. The fraction of sp³-hybridized carbons (Fsp3) is 0.952. The molecule has 162 valence electrons. The zero-order valence-electron chi connectivity index (χ0n) is 19.0. The van der Waals surface area contributed by atoms with E-state index in [1.54, 1.807) is 34.6 Å². The minimum Gasteiger partial charge on any atom is -0.434 e. The van der Waals surface area contributed by atoms with Crippen molar-refractivity contribution >= 4 is 6.16 Å². The van der Waals surface area contributed by atoms with Crippen LogP contribution in [0.3, 0.4) is 0 Å². The Kier molecular flexibility index (Phi) is 9.27. The lowest BCUT2D eigenvalue weighted by atomic mass is 9.79. The van der Waals surface area contributed by atoms with Crippen LogP contribution in [0.15, 0.2) is 0 Å². The van der Waals surface area contributed by atoms with Crippen LogP contribution in [0.1, 0.15) is 88.5 Å². The Labute approximate surface area is 165 Å². The first kappa shape index (κ1) is 26.1. The lowest BCUT2D eigenvalue weighted by Gasteiger charge is -2.43. The largest absolute Gasteiger partial charge is 0.508 e. The summed E-state index contributed by atoms with van der Waals surface area (Å²) in [6.45, 7) is 18.3. The second-order valence-electron chi connectivity index (χ2n) is 9.36. The molecule has 6 heteroatoms. The van der Waals surface area contributed by atoms with E-state index in [0.29, 0.717) is 12.8 Å². The number of carbonyl (C=O) groups is 1. The number of rotatable bonds is 11. The van der Waals surface area contributed by atoms with Gasteiger partial charge in [-0.15, -0.1) is 0 Å². The Morgan fingerprint density at radius 3 is 1.89 bits per heavy atom. The topological polar surface area (TPSA) is 85.2 Å². The highest BCUT2D eigenvalue weighted by Crippen LogP contribution is 2.35. The van der Waals surface area contributed by atoms with Crippen molar-refractivity contribution in [3.63, 3.8) is 0 Å². The zero-order chi connectivity index (χ0) is 21.7. The van der Waals surface area contributed by atoms with Crippen LogP contribution < -0.4 is 0 Å². The van der Waals surface area contributed by atoms with E-state index in [2.05, 4.69) is 6.92 Å². The summed E-state index contributed by atoms with van der Waals surface area (Å²) in [6, 6.07) is 0. The van der Waals surface area contributed by atoms with Crippen molar-refractivity contribution in [1.29, 1.82) is 0 Å². The fourth-order valence-electron chi connectivity index (χ4n) is 2.69. The van der Waals surface area contributed by atoms with Gasteiger partial charge in [-0.3, -0.25) is 0 Å². The van der Waals surface area contributed by atoms with Gasteiger partial charge < -0.3 is 24.4 Å². The van der Waals surface area contributed by atoms with E-state index in [4.69, 9.17) is 14.2 Å². The Hall–Kier alpha value is -0.850. The molecule has 0 saturated heterocycles. The maximum atomic E-state index is 12.1. The maximum absolute atomic E-state index is 12.1. The standard InChI is InChI=1S/C21H42O6/c1-11-18(5,6)26-16(4)13-21(24,12-2)20(9,10)27-17(22)25-14-15(3)19(7,8)23/h15-16,23-24H,11-14H2,1-10H3. The summed E-state index contributed by atoms with van der Waals surface area (Å²) in [5, 5.41) is 21.1. The van der Waals surface area contributed by atoms with E-state index in [-0.39, 0.29) is 24.2 Å². The highest BCUT2D eigenvalue weighted by molar-refractivity contribution is 5.60. The molecule has 0 aliphatic carbocycles. The first-order chi connectivity index (χ1) is 12.0. The molecule has 0 saturated carbocycles. The van der Waals surface area contributed by atoms with E-state index in [9.17, 15) is 15.0 Å². The van der Waals surface area contributed by atoms with Gasteiger partial charge in [-0.1, -0.05) is 20.8 Å². The number of hydrogen-bond acceptors (Lipinski definition) is 6. The third kappa shape index (κ3) is 8.36. The molecule has 0 aliphatic rings. The summed E-state index contributed by atoms with van der Waals surface area (Å²) in [6.07, 6.45) is 0.512. The first-order valence-electron chi connectivity index (χ1n) is 9.98.